The first-order chi connectivity index (χ1) is 6.58. The van der Waals surface area contributed by atoms with Crippen molar-refractivity contribution in [3.05, 3.63) is 24.3 Å². The minimum Gasteiger partial charge on any atom is -0.125 e. The van der Waals surface area contributed by atoms with Crippen molar-refractivity contribution < 1.29 is 0 Å². The second kappa shape index (κ2) is 6.40. The minimum absolute atomic E-state index is 0.612. The van der Waals surface area contributed by atoms with E-state index in [-0.39, 0.29) is 0 Å². The summed E-state index contributed by atoms with van der Waals surface area (Å²) in [6.45, 7) is 0. The molecule has 1 rings (SSSR count). The maximum Gasteiger partial charge on any atom is 0.105 e. The lowest BCUT2D eigenvalue weighted by atomic mass is 10.4. The molecule has 0 aliphatic heterocycles. The van der Waals surface area contributed by atoms with Gasteiger partial charge in [0.1, 0.15) is 7.06 Å². The highest BCUT2D eigenvalue weighted by atomic mass is 32.2. The Balaban J connectivity index is 2.78. The first kappa shape index (κ1) is 12.9. The lowest BCUT2D eigenvalue weighted by molar-refractivity contribution is 1.34. The zero-order chi connectivity index (χ0) is 10.6. The topological polar surface area (TPSA) is 0 Å². The zero-order valence-electron chi connectivity index (χ0n) is 6.84. The number of thioether (sulfide) groups is 2. The molecular weight excluding hydrogens is 288 g/mol. The van der Waals surface area contributed by atoms with E-state index in [0.717, 1.165) is 9.79 Å². The van der Waals surface area contributed by atoms with Crippen LogP contribution in [0.25, 0.3) is 0 Å². The average molecular weight is 295 g/mol. The van der Waals surface area contributed by atoms with E-state index >= 15 is 0 Å². The maximum absolute atomic E-state index is 4.89. The van der Waals surface area contributed by atoms with Crippen LogP contribution in [-0.4, -0.2) is 7.06 Å². The summed E-state index contributed by atoms with van der Waals surface area (Å²) in [5.74, 6) is 0. The van der Waals surface area contributed by atoms with E-state index in [9.17, 15) is 0 Å². The van der Waals surface area contributed by atoms with Gasteiger partial charge in [-0.1, -0.05) is 54.0 Å². The Morgan fingerprint density at radius 1 is 1.00 bits per heavy atom. The lowest BCUT2D eigenvalue weighted by Crippen LogP contribution is -1.79. The predicted molar refractivity (Wildman–Crippen MR) is 81.3 cm³/mol. The molecule has 0 saturated carbocycles. The van der Waals surface area contributed by atoms with E-state index in [4.69, 9.17) is 24.4 Å². The number of rotatable bonds is 2. The minimum atomic E-state index is 0.612. The van der Waals surface area contributed by atoms with Crippen LogP contribution < -0.4 is 0 Å². The summed E-state index contributed by atoms with van der Waals surface area (Å²) in [6, 6.07) is 7.95. The molecule has 74 valence electrons. The first-order valence-electron chi connectivity index (χ1n) is 3.49. The molecule has 0 nitrogen and oxygen atoms in total. The fourth-order valence-corrected chi connectivity index (χ4v) is 3.16. The molecule has 0 unspecified atom stereocenters. The molecule has 0 bridgehead atoms. The predicted octanol–water partition coefficient (Wildman–Crippen LogP) is 4.30. The quantitative estimate of drug-likeness (QED) is 0.474. The first-order valence-corrected chi connectivity index (χ1v) is 6.84. The van der Waals surface area contributed by atoms with Gasteiger partial charge in [0.15, 0.2) is 0 Å². The Bertz CT molecular complexity index is 327. The normalized spacial score (nSPS) is 9.86. The highest BCUT2D eigenvalue weighted by molar-refractivity contribution is 8.42. The van der Waals surface area contributed by atoms with E-state index in [1.54, 1.807) is 0 Å². The van der Waals surface area contributed by atoms with Crippen LogP contribution >= 0.6 is 73.2 Å². The summed E-state index contributed by atoms with van der Waals surface area (Å²) < 4.78 is 1.22. The highest BCUT2D eigenvalue weighted by Gasteiger charge is 2.00. The van der Waals surface area contributed by atoms with Crippen LogP contribution in [0.4, 0.5) is 0 Å². The van der Waals surface area contributed by atoms with Gasteiger partial charge in [-0.15, -0.1) is 25.3 Å². The molecule has 0 radical (unpaired) electrons. The van der Waals surface area contributed by atoms with Gasteiger partial charge in [-0.3, -0.25) is 0 Å². The molecule has 1 aromatic carbocycles. The summed E-state index contributed by atoms with van der Waals surface area (Å²) in [6.07, 6.45) is 0. The van der Waals surface area contributed by atoms with E-state index in [0.29, 0.717) is 7.06 Å². The van der Waals surface area contributed by atoms with Crippen molar-refractivity contribution in [3.63, 3.8) is 0 Å². The van der Waals surface area contributed by atoms with Crippen molar-refractivity contribution in [3.8, 4) is 0 Å². The maximum atomic E-state index is 4.89. The number of benzene rings is 1. The molecule has 1 aromatic rings. The summed E-state index contributed by atoms with van der Waals surface area (Å²) >= 11 is 20.8. The van der Waals surface area contributed by atoms with Gasteiger partial charge in [-0.05, 0) is 18.2 Å². The molecular formula is C8H6S6. The molecule has 0 aliphatic carbocycles. The van der Waals surface area contributed by atoms with Gasteiger partial charge in [-0.25, -0.2) is 0 Å². The third-order valence-electron chi connectivity index (χ3n) is 1.22. The lowest BCUT2D eigenvalue weighted by Gasteiger charge is -2.01. The molecule has 0 aromatic heterocycles. The van der Waals surface area contributed by atoms with Gasteiger partial charge in [0.25, 0.3) is 0 Å². The van der Waals surface area contributed by atoms with Crippen LogP contribution in [0.2, 0.25) is 0 Å². The molecule has 0 N–H and O–H groups in total. The van der Waals surface area contributed by atoms with Crippen LogP contribution in [-0.2, 0) is 0 Å². The second-order valence-electron chi connectivity index (χ2n) is 2.21. The molecule has 0 spiro atoms. The van der Waals surface area contributed by atoms with Crippen molar-refractivity contribution in [2.24, 2.45) is 0 Å². The Kier molecular flexibility index (Phi) is 5.88. The van der Waals surface area contributed by atoms with Crippen LogP contribution in [0.3, 0.4) is 0 Å². The standard InChI is InChI=1S/C8H6S6/c9-7(10)13-5-2-1-3-6(4-5)14-8(11)12/h1-4H,(H,9,10)(H,11,12). The average Bonchev–Trinajstić information content (AvgIpc) is 2.01. The highest BCUT2D eigenvalue weighted by Crippen LogP contribution is 2.28. The molecule has 0 atom stereocenters. The van der Waals surface area contributed by atoms with Gasteiger partial charge >= 0.3 is 0 Å². The summed E-state index contributed by atoms with van der Waals surface area (Å²) in [4.78, 5) is 2.14. The second-order valence-corrected chi connectivity index (χ2v) is 7.82. The van der Waals surface area contributed by atoms with Gasteiger partial charge in [0, 0.05) is 9.79 Å². The molecule has 0 amide bonds. The summed E-state index contributed by atoms with van der Waals surface area (Å²) in [7, 11) is 0. The summed E-state index contributed by atoms with van der Waals surface area (Å²) in [5, 5.41) is 0. The number of hydrogen-bond donors (Lipinski definition) is 2. The van der Waals surface area contributed by atoms with Crippen LogP contribution in [0.1, 0.15) is 0 Å². The van der Waals surface area contributed by atoms with Gasteiger partial charge < -0.3 is 0 Å². The Labute approximate surface area is 113 Å². The van der Waals surface area contributed by atoms with E-state index < -0.39 is 0 Å². The van der Waals surface area contributed by atoms with Crippen LogP contribution in [0.15, 0.2) is 34.1 Å². The molecule has 14 heavy (non-hydrogen) atoms. The van der Waals surface area contributed by atoms with Gasteiger partial charge in [0.05, 0.1) is 0 Å². The molecule has 0 saturated heterocycles. The van der Waals surface area contributed by atoms with E-state index in [1.807, 2.05) is 24.3 Å². The molecule has 6 heteroatoms. The molecule has 0 aliphatic rings. The summed E-state index contributed by atoms with van der Waals surface area (Å²) in [5.41, 5.74) is 0. The Morgan fingerprint density at radius 3 is 1.79 bits per heavy atom. The monoisotopic (exact) mass is 294 g/mol. The smallest absolute Gasteiger partial charge is 0.105 e. The largest absolute Gasteiger partial charge is 0.125 e. The number of hydrogen-bond acceptors (Lipinski definition) is 4. The SMILES string of the molecule is S=C(S)Sc1cccc(SC(=S)S)c1. The van der Waals surface area contributed by atoms with E-state index in [1.165, 1.54) is 23.5 Å². The number of thiocarbonyl (C=S) groups is 2. The third-order valence-corrected chi connectivity index (χ3v) is 3.59. The van der Waals surface area contributed by atoms with Crippen LogP contribution in [0, 0.1) is 0 Å². The Morgan fingerprint density at radius 2 is 1.43 bits per heavy atom. The van der Waals surface area contributed by atoms with Crippen molar-refractivity contribution >= 4 is 80.3 Å². The fourth-order valence-electron chi connectivity index (χ4n) is 0.803. The zero-order valence-corrected chi connectivity index (χ0v) is 11.9. The van der Waals surface area contributed by atoms with Crippen LogP contribution in [0.5, 0.6) is 0 Å². The van der Waals surface area contributed by atoms with Gasteiger partial charge in [-0.2, -0.15) is 0 Å². The van der Waals surface area contributed by atoms with Gasteiger partial charge in [0.2, 0.25) is 0 Å². The molecule has 0 heterocycles. The number of thiol groups is 2. The molecule has 0 fully saturated rings. The van der Waals surface area contributed by atoms with Crippen molar-refractivity contribution in [2.75, 3.05) is 0 Å². The van der Waals surface area contributed by atoms with Crippen molar-refractivity contribution in [1.82, 2.24) is 0 Å². The third kappa shape index (κ3) is 5.04. The van der Waals surface area contributed by atoms with Crippen molar-refractivity contribution in [2.45, 2.75) is 9.79 Å². The van der Waals surface area contributed by atoms with E-state index in [2.05, 4.69) is 25.3 Å². The van der Waals surface area contributed by atoms with Crippen molar-refractivity contribution in [1.29, 1.82) is 0 Å². The Hall–Kier alpha value is 0.800. The fraction of sp³-hybridized carbons (Fsp3) is 0.